The second-order valence-corrected chi connectivity index (χ2v) is 6.94. The van der Waals surface area contributed by atoms with E-state index in [1.807, 2.05) is 31.5 Å². The molecule has 0 aliphatic rings. The molecule has 0 aliphatic heterocycles. The van der Waals surface area contributed by atoms with Gasteiger partial charge in [-0.2, -0.15) is 5.10 Å². The van der Waals surface area contributed by atoms with Gasteiger partial charge in [0.15, 0.2) is 5.65 Å². The molecule has 4 aromatic rings. The Hall–Kier alpha value is -3.33. The van der Waals surface area contributed by atoms with Crippen LogP contribution in [-0.4, -0.2) is 30.6 Å². The zero-order valence-corrected chi connectivity index (χ0v) is 15.6. The van der Waals surface area contributed by atoms with Crippen LogP contribution in [0.5, 0.6) is 0 Å². The maximum atomic E-state index is 12.4. The van der Waals surface area contributed by atoms with Crippen molar-refractivity contribution in [3.05, 3.63) is 58.4 Å². The van der Waals surface area contributed by atoms with Crippen LogP contribution >= 0.6 is 11.3 Å². The Bertz CT molecular complexity index is 1120. The van der Waals surface area contributed by atoms with Gasteiger partial charge in [0, 0.05) is 29.4 Å². The third-order valence-corrected chi connectivity index (χ3v) is 4.95. The smallest absolute Gasteiger partial charge is 0.251 e. The molecule has 0 fully saturated rings. The van der Waals surface area contributed by atoms with E-state index in [9.17, 15) is 4.79 Å². The predicted octanol–water partition coefficient (Wildman–Crippen LogP) is 2.80. The monoisotopic (exact) mass is 379 g/mol. The highest BCUT2D eigenvalue weighted by Gasteiger charge is 2.10. The third kappa shape index (κ3) is 3.63. The Morgan fingerprint density at radius 1 is 1.30 bits per heavy atom. The summed E-state index contributed by atoms with van der Waals surface area (Å²) in [5.41, 5.74) is 3.02. The molecule has 27 heavy (non-hydrogen) atoms. The van der Waals surface area contributed by atoms with Crippen LogP contribution in [0.15, 0.2) is 42.2 Å². The molecule has 0 bridgehead atoms. The van der Waals surface area contributed by atoms with Crippen molar-refractivity contribution in [1.82, 2.24) is 30.0 Å². The number of rotatable bonds is 5. The Morgan fingerprint density at radius 2 is 2.19 bits per heavy atom. The maximum Gasteiger partial charge on any atom is 0.251 e. The molecule has 0 spiro atoms. The second-order valence-electron chi connectivity index (χ2n) is 6.00. The number of carbonyl (C=O) groups excluding carboxylic acids is 1. The number of carbonyl (C=O) groups is 1. The van der Waals surface area contributed by atoms with Gasteiger partial charge in [-0.3, -0.25) is 9.48 Å². The van der Waals surface area contributed by atoms with Crippen molar-refractivity contribution < 1.29 is 4.79 Å². The molecule has 9 heteroatoms. The highest BCUT2D eigenvalue weighted by molar-refractivity contribution is 7.09. The first-order valence-corrected chi connectivity index (χ1v) is 9.17. The average Bonchev–Trinajstić information content (AvgIpc) is 3.26. The van der Waals surface area contributed by atoms with E-state index in [1.165, 1.54) is 17.7 Å². The van der Waals surface area contributed by atoms with Gasteiger partial charge in [-0.15, -0.1) is 11.3 Å². The fourth-order valence-corrected chi connectivity index (χ4v) is 3.39. The number of aryl methyl sites for hydroxylation is 2. The normalized spacial score (nSPS) is 10.9. The Labute approximate surface area is 159 Å². The van der Waals surface area contributed by atoms with E-state index < -0.39 is 0 Å². The molecule has 4 rings (SSSR count). The van der Waals surface area contributed by atoms with E-state index >= 15 is 0 Å². The lowest BCUT2D eigenvalue weighted by Crippen LogP contribution is -2.22. The number of aromatic nitrogens is 5. The molecule has 0 saturated heterocycles. The van der Waals surface area contributed by atoms with Crippen LogP contribution in [0.2, 0.25) is 0 Å². The molecule has 0 aliphatic carbocycles. The van der Waals surface area contributed by atoms with Gasteiger partial charge in [-0.1, -0.05) is 6.07 Å². The molecule has 2 N–H and O–H groups in total. The summed E-state index contributed by atoms with van der Waals surface area (Å²) in [7, 11) is 1.83. The topological polar surface area (TPSA) is 97.6 Å². The Morgan fingerprint density at radius 3 is 3.00 bits per heavy atom. The summed E-state index contributed by atoms with van der Waals surface area (Å²) in [5.74, 6) is 0.490. The molecule has 136 valence electrons. The second kappa shape index (κ2) is 7.12. The van der Waals surface area contributed by atoms with Crippen molar-refractivity contribution in [3.63, 3.8) is 0 Å². The molecule has 0 radical (unpaired) electrons. The number of amides is 1. The van der Waals surface area contributed by atoms with Crippen LogP contribution in [-0.2, 0) is 13.6 Å². The number of hydrogen-bond acceptors (Lipinski definition) is 7. The zero-order valence-electron chi connectivity index (χ0n) is 14.8. The summed E-state index contributed by atoms with van der Waals surface area (Å²) in [6.45, 7) is 2.35. The van der Waals surface area contributed by atoms with Crippen LogP contribution in [0, 0.1) is 6.92 Å². The van der Waals surface area contributed by atoms with E-state index in [-0.39, 0.29) is 5.91 Å². The number of thiazole rings is 1. The van der Waals surface area contributed by atoms with E-state index in [4.69, 9.17) is 0 Å². The van der Waals surface area contributed by atoms with Gasteiger partial charge in [0.05, 0.1) is 18.1 Å². The maximum absolute atomic E-state index is 12.4. The number of anilines is 2. The molecule has 3 aromatic heterocycles. The molecule has 0 saturated carbocycles. The summed E-state index contributed by atoms with van der Waals surface area (Å²) >= 11 is 1.53. The van der Waals surface area contributed by atoms with Crippen LogP contribution < -0.4 is 10.6 Å². The van der Waals surface area contributed by atoms with Gasteiger partial charge in [0.2, 0.25) is 0 Å². The lowest BCUT2D eigenvalue weighted by atomic mass is 10.2. The first kappa shape index (κ1) is 17.1. The van der Waals surface area contributed by atoms with Crippen molar-refractivity contribution >= 4 is 39.8 Å². The summed E-state index contributed by atoms with van der Waals surface area (Å²) < 4.78 is 1.69. The number of hydrogen-bond donors (Lipinski definition) is 2. The molecular formula is C18H17N7OS. The van der Waals surface area contributed by atoms with Crippen LogP contribution in [0.25, 0.3) is 11.0 Å². The number of nitrogens with one attached hydrogen (secondary N) is 2. The van der Waals surface area contributed by atoms with Crippen molar-refractivity contribution in [2.45, 2.75) is 13.5 Å². The van der Waals surface area contributed by atoms with Gasteiger partial charge in [-0.25, -0.2) is 15.0 Å². The summed E-state index contributed by atoms with van der Waals surface area (Å²) in [4.78, 5) is 25.3. The lowest BCUT2D eigenvalue weighted by molar-refractivity contribution is 0.0951. The lowest BCUT2D eigenvalue weighted by Gasteiger charge is -2.09. The average molecular weight is 379 g/mol. The Balaban J connectivity index is 1.50. The predicted molar refractivity (Wildman–Crippen MR) is 104 cm³/mol. The first-order chi connectivity index (χ1) is 13.1. The minimum atomic E-state index is -0.152. The molecule has 8 nitrogen and oxygen atoms in total. The third-order valence-electron chi connectivity index (χ3n) is 3.98. The van der Waals surface area contributed by atoms with Gasteiger partial charge in [0.1, 0.15) is 17.2 Å². The molecule has 0 atom stereocenters. The van der Waals surface area contributed by atoms with Crippen molar-refractivity contribution in [2.75, 3.05) is 5.32 Å². The largest absolute Gasteiger partial charge is 0.346 e. The highest BCUT2D eigenvalue weighted by atomic mass is 32.1. The first-order valence-electron chi connectivity index (χ1n) is 8.29. The van der Waals surface area contributed by atoms with Crippen molar-refractivity contribution in [1.29, 1.82) is 0 Å². The number of benzene rings is 1. The molecule has 3 heterocycles. The molecule has 0 unspecified atom stereocenters. The standard InChI is InChI=1S/C18H17N7OS/c1-11-9-27-15(23-11)8-19-18(26)12-4-3-5-13(6-12)24-16-14-7-22-25(2)17(14)21-10-20-16/h3-7,9-10H,8H2,1-2H3,(H,19,26)(H,20,21,24). The minimum Gasteiger partial charge on any atom is -0.346 e. The minimum absolute atomic E-state index is 0.152. The van der Waals surface area contributed by atoms with Crippen LogP contribution in [0.1, 0.15) is 21.1 Å². The van der Waals surface area contributed by atoms with Crippen molar-refractivity contribution in [2.24, 2.45) is 7.05 Å². The van der Waals surface area contributed by atoms with E-state index in [0.717, 1.165) is 27.4 Å². The summed E-state index contributed by atoms with van der Waals surface area (Å²) in [6.07, 6.45) is 3.20. The van der Waals surface area contributed by atoms with Crippen LogP contribution in [0.4, 0.5) is 11.5 Å². The quantitative estimate of drug-likeness (QED) is 0.553. The molecular weight excluding hydrogens is 362 g/mol. The fourth-order valence-electron chi connectivity index (χ4n) is 2.68. The summed E-state index contributed by atoms with van der Waals surface area (Å²) in [6, 6.07) is 7.26. The summed E-state index contributed by atoms with van der Waals surface area (Å²) in [5, 5.41) is 14.0. The van der Waals surface area contributed by atoms with Crippen molar-refractivity contribution in [3.8, 4) is 0 Å². The molecule has 1 amide bonds. The fraction of sp³-hybridized carbons (Fsp3) is 0.167. The zero-order chi connectivity index (χ0) is 18.8. The number of nitrogens with zero attached hydrogens (tertiary/aromatic N) is 5. The highest BCUT2D eigenvalue weighted by Crippen LogP contribution is 2.22. The SMILES string of the molecule is Cc1csc(CNC(=O)c2cccc(Nc3ncnc4c3cnn4C)c2)n1. The van der Waals surface area contributed by atoms with Gasteiger partial charge < -0.3 is 10.6 Å². The van der Waals surface area contributed by atoms with Gasteiger partial charge in [-0.05, 0) is 25.1 Å². The number of fused-ring (bicyclic) bond motifs is 1. The molecule has 1 aromatic carbocycles. The van der Waals surface area contributed by atoms with E-state index in [2.05, 4.69) is 30.7 Å². The Kier molecular flexibility index (Phi) is 4.51. The van der Waals surface area contributed by atoms with Crippen LogP contribution in [0.3, 0.4) is 0 Å². The van der Waals surface area contributed by atoms with Gasteiger partial charge in [0.25, 0.3) is 5.91 Å². The van der Waals surface area contributed by atoms with E-state index in [0.29, 0.717) is 17.9 Å². The van der Waals surface area contributed by atoms with E-state index in [1.54, 1.807) is 23.0 Å². The van der Waals surface area contributed by atoms with Gasteiger partial charge >= 0.3 is 0 Å².